The first-order valence-corrected chi connectivity index (χ1v) is 9.28. The molecular weight excluding hydrogens is 362 g/mol. The van der Waals surface area contributed by atoms with Gasteiger partial charge >= 0.3 is 0 Å². The first-order chi connectivity index (χ1) is 12.8. The topological polar surface area (TPSA) is 70.2 Å². The fourth-order valence-electron chi connectivity index (χ4n) is 2.98. The lowest BCUT2D eigenvalue weighted by molar-refractivity contribution is -0.123. The van der Waals surface area contributed by atoms with Crippen LogP contribution in [0, 0.1) is 20.8 Å². The second kappa shape index (κ2) is 9.53. The van der Waals surface area contributed by atoms with E-state index in [1.54, 1.807) is 0 Å². The number of hydrogen-bond acceptors (Lipinski definition) is 3. The molecule has 6 heteroatoms. The Kier molecular flexibility index (Phi) is 7.39. The van der Waals surface area contributed by atoms with Crippen LogP contribution >= 0.6 is 11.6 Å². The van der Waals surface area contributed by atoms with Crippen LogP contribution in [0.4, 0.5) is 5.69 Å². The number of amides is 2. The Bertz CT molecular complexity index is 813. The van der Waals surface area contributed by atoms with Crippen LogP contribution in [-0.4, -0.2) is 24.9 Å². The molecule has 0 fully saturated rings. The maximum atomic E-state index is 12.1. The molecule has 0 aliphatic rings. The van der Waals surface area contributed by atoms with Gasteiger partial charge in [0.1, 0.15) is 0 Å². The second-order valence-electron chi connectivity index (χ2n) is 6.72. The minimum absolute atomic E-state index is 0.0730. The van der Waals surface area contributed by atoms with Crippen LogP contribution in [0.25, 0.3) is 0 Å². The van der Waals surface area contributed by atoms with Gasteiger partial charge in [-0.05, 0) is 50.5 Å². The van der Waals surface area contributed by atoms with Gasteiger partial charge < -0.3 is 16.0 Å². The molecule has 1 atom stereocenters. The number of rotatable bonds is 7. The summed E-state index contributed by atoms with van der Waals surface area (Å²) >= 11 is 6.16. The smallest absolute Gasteiger partial charge is 0.243 e. The lowest BCUT2D eigenvalue weighted by Gasteiger charge is -2.16. The van der Waals surface area contributed by atoms with Crippen LogP contribution in [0.5, 0.6) is 0 Å². The molecular formula is C21H26ClN3O2. The van der Waals surface area contributed by atoms with E-state index in [0.717, 1.165) is 27.9 Å². The zero-order chi connectivity index (χ0) is 20.0. The molecule has 0 bridgehead atoms. The summed E-state index contributed by atoms with van der Waals surface area (Å²) in [7, 11) is 0. The fraction of sp³-hybridized carbons (Fsp3) is 0.333. The summed E-state index contributed by atoms with van der Waals surface area (Å²) in [4.78, 5) is 24.2. The molecule has 0 radical (unpaired) electrons. The zero-order valence-corrected chi connectivity index (χ0v) is 16.9. The minimum atomic E-state index is -0.252. The van der Waals surface area contributed by atoms with Crippen LogP contribution in [-0.2, 0) is 9.59 Å². The van der Waals surface area contributed by atoms with Gasteiger partial charge in [-0.15, -0.1) is 0 Å². The Balaban J connectivity index is 1.80. The van der Waals surface area contributed by atoms with Gasteiger partial charge in [0.25, 0.3) is 0 Å². The summed E-state index contributed by atoms with van der Waals surface area (Å²) in [5.41, 5.74) is 4.88. The first-order valence-electron chi connectivity index (χ1n) is 8.90. The number of anilines is 1. The molecule has 27 heavy (non-hydrogen) atoms. The standard InChI is InChI=1S/C21H26ClN3O2/c1-13-9-14(2)21(15(3)10-13)25-20(27)12-24-19(26)11-23-16(4)17-7-5-6-8-18(17)22/h5-10,16,23H,11-12H2,1-4H3,(H,24,26)(H,25,27)/t16-/m0/s1. The van der Waals surface area contributed by atoms with Gasteiger partial charge in [-0.3, -0.25) is 9.59 Å². The van der Waals surface area contributed by atoms with E-state index in [-0.39, 0.29) is 30.9 Å². The highest BCUT2D eigenvalue weighted by Gasteiger charge is 2.12. The van der Waals surface area contributed by atoms with Crippen molar-refractivity contribution in [2.24, 2.45) is 0 Å². The van der Waals surface area contributed by atoms with Crippen molar-refractivity contribution < 1.29 is 9.59 Å². The summed E-state index contributed by atoms with van der Waals surface area (Å²) < 4.78 is 0. The van der Waals surface area contributed by atoms with Crippen LogP contribution in [0.15, 0.2) is 36.4 Å². The van der Waals surface area contributed by atoms with Gasteiger partial charge in [0, 0.05) is 16.8 Å². The van der Waals surface area contributed by atoms with Crippen LogP contribution in [0.1, 0.15) is 35.2 Å². The van der Waals surface area contributed by atoms with Gasteiger partial charge in [-0.25, -0.2) is 0 Å². The van der Waals surface area contributed by atoms with Crippen LogP contribution < -0.4 is 16.0 Å². The molecule has 0 saturated carbocycles. The highest BCUT2D eigenvalue weighted by Crippen LogP contribution is 2.22. The first kappa shape index (κ1) is 20.9. The van der Waals surface area contributed by atoms with E-state index >= 15 is 0 Å². The van der Waals surface area contributed by atoms with Gasteiger partial charge in [0.2, 0.25) is 11.8 Å². The lowest BCUT2D eigenvalue weighted by Crippen LogP contribution is -2.39. The number of benzene rings is 2. The summed E-state index contributed by atoms with van der Waals surface area (Å²) in [5.74, 6) is -0.501. The molecule has 2 rings (SSSR count). The third kappa shape index (κ3) is 6.08. The maximum Gasteiger partial charge on any atom is 0.243 e. The largest absolute Gasteiger partial charge is 0.346 e. The third-order valence-electron chi connectivity index (χ3n) is 4.33. The molecule has 0 unspecified atom stereocenters. The Morgan fingerprint density at radius 2 is 1.63 bits per heavy atom. The summed E-state index contributed by atoms with van der Waals surface area (Å²) in [6.45, 7) is 7.88. The fourth-order valence-corrected chi connectivity index (χ4v) is 3.28. The molecule has 2 amide bonds. The van der Waals surface area contributed by atoms with E-state index in [1.807, 2.05) is 64.1 Å². The SMILES string of the molecule is Cc1cc(C)c(NC(=O)CNC(=O)CN[C@@H](C)c2ccccc2Cl)c(C)c1. The van der Waals surface area contributed by atoms with E-state index in [2.05, 4.69) is 16.0 Å². The Labute approximate surface area is 165 Å². The molecule has 0 heterocycles. The summed E-state index contributed by atoms with van der Waals surface area (Å²) in [6, 6.07) is 11.4. The van der Waals surface area contributed by atoms with Crippen molar-refractivity contribution in [1.29, 1.82) is 0 Å². The van der Waals surface area contributed by atoms with Gasteiger partial charge in [0.15, 0.2) is 0 Å². The number of carbonyl (C=O) groups is 2. The Hall–Kier alpha value is -2.37. The number of hydrogen-bond donors (Lipinski definition) is 3. The molecule has 0 spiro atoms. The molecule has 0 aromatic heterocycles. The van der Waals surface area contributed by atoms with Gasteiger partial charge in [0.05, 0.1) is 13.1 Å². The summed E-state index contributed by atoms with van der Waals surface area (Å²) in [6.07, 6.45) is 0. The molecule has 0 saturated heterocycles. The average molecular weight is 388 g/mol. The lowest BCUT2D eigenvalue weighted by atomic mass is 10.1. The normalized spacial score (nSPS) is 11.7. The van der Waals surface area contributed by atoms with E-state index in [1.165, 1.54) is 0 Å². The monoisotopic (exact) mass is 387 g/mol. The number of aryl methyl sites for hydroxylation is 3. The highest BCUT2D eigenvalue weighted by molar-refractivity contribution is 6.31. The van der Waals surface area contributed by atoms with Gasteiger partial charge in [-0.2, -0.15) is 0 Å². The minimum Gasteiger partial charge on any atom is -0.346 e. The van der Waals surface area contributed by atoms with Crippen molar-refractivity contribution in [2.75, 3.05) is 18.4 Å². The quantitative estimate of drug-likeness (QED) is 0.678. The number of nitrogens with one attached hydrogen (secondary N) is 3. The van der Waals surface area contributed by atoms with Crippen molar-refractivity contribution >= 4 is 29.1 Å². The van der Waals surface area contributed by atoms with E-state index in [0.29, 0.717) is 5.02 Å². The molecule has 2 aromatic carbocycles. The predicted molar refractivity (Wildman–Crippen MR) is 110 cm³/mol. The molecule has 3 N–H and O–H groups in total. The Morgan fingerprint density at radius 1 is 1.00 bits per heavy atom. The van der Waals surface area contributed by atoms with Crippen molar-refractivity contribution in [3.05, 3.63) is 63.7 Å². The predicted octanol–water partition coefficient (Wildman–Crippen LogP) is 3.67. The number of carbonyl (C=O) groups excluding carboxylic acids is 2. The number of halogens is 1. The van der Waals surface area contributed by atoms with Crippen molar-refractivity contribution in [1.82, 2.24) is 10.6 Å². The van der Waals surface area contributed by atoms with E-state index < -0.39 is 0 Å². The molecule has 2 aromatic rings. The Morgan fingerprint density at radius 3 is 2.26 bits per heavy atom. The third-order valence-corrected chi connectivity index (χ3v) is 4.67. The van der Waals surface area contributed by atoms with Crippen LogP contribution in [0.3, 0.4) is 0 Å². The van der Waals surface area contributed by atoms with Crippen molar-refractivity contribution in [2.45, 2.75) is 33.7 Å². The summed E-state index contributed by atoms with van der Waals surface area (Å²) in [5, 5.41) is 9.26. The highest BCUT2D eigenvalue weighted by atomic mass is 35.5. The molecule has 144 valence electrons. The zero-order valence-electron chi connectivity index (χ0n) is 16.2. The molecule has 5 nitrogen and oxygen atoms in total. The second-order valence-corrected chi connectivity index (χ2v) is 7.13. The maximum absolute atomic E-state index is 12.1. The molecule has 0 aliphatic heterocycles. The van der Waals surface area contributed by atoms with Crippen molar-refractivity contribution in [3.8, 4) is 0 Å². The van der Waals surface area contributed by atoms with E-state index in [9.17, 15) is 9.59 Å². The van der Waals surface area contributed by atoms with Crippen molar-refractivity contribution in [3.63, 3.8) is 0 Å². The van der Waals surface area contributed by atoms with Crippen LogP contribution in [0.2, 0.25) is 5.02 Å². The van der Waals surface area contributed by atoms with Gasteiger partial charge in [-0.1, -0.05) is 47.5 Å². The average Bonchev–Trinajstić information content (AvgIpc) is 2.61. The van der Waals surface area contributed by atoms with E-state index in [4.69, 9.17) is 11.6 Å². The molecule has 0 aliphatic carbocycles.